The van der Waals surface area contributed by atoms with Gasteiger partial charge < -0.3 is 9.13 Å². The van der Waals surface area contributed by atoms with Crippen LogP contribution in [0.1, 0.15) is 0 Å². The lowest BCUT2D eigenvalue weighted by Gasteiger charge is -2.18. The first-order valence-electron chi connectivity index (χ1n) is 23.2. The van der Waals surface area contributed by atoms with Crippen molar-refractivity contribution in [3.63, 3.8) is 0 Å². The molecule has 68 heavy (non-hydrogen) atoms. The molecule has 14 rings (SSSR count). The van der Waals surface area contributed by atoms with Crippen molar-refractivity contribution in [2.45, 2.75) is 0 Å². The molecule has 0 saturated heterocycles. The van der Waals surface area contributed by atoms with Crippen LogP contribution in [-0.2, 0) is 0 Å². The highest BCUT2D eigenvalue weighted by molar-refractivity contribution is 6.20. The van der Waals surface area contributed by atoms with E-state index in [4.69, 9.17) is 9.97 Å². The molecule has 3 heterocycles. The molecule has 0 aliphatic rings. The number of benzene rings is 11. The molecule has 0 radical (unpaired) electrons. The fourth-order valence-electron chi connectivity index (χ4n) is 10.8. The third kappa shape index (κ3) is 5.94. The summed E-state index contributed by atoms with van der Waals surface area (Å²) >= 11 is 0. The van der Waals surface area contributed by atoms with E-state index < -0.39 is 0 Å². The topological polar surface area (TPSA) is 35.6 Å². The summed E-state index contributed by atoms with van der Waals surface area (Å²) < 4.78 is 4.95. The van der Waals surface area contributed by atoms with Crippen molar-refractivity contribution in [1.82, 2.24) is 19.1 Å². The van der Waals surface area contributed by atoms with Gasteiger partial charge in [0.25, 0.3) is 0 Å². The summed E-state index contributed by atoms with van der Waals surface area (Å²) in [5.74, 6) is 0. The summed E-state index contributed by atoms with van der Waals surface area (Å²) in [5.41, 5.74) is 16.9. The third-order valence-corrected chi connectivity index (χ3v) is 13.8. The molecule has 0 atom stereocenters. The minimum Gasteiger partial charge on any atom is -0.309 e. The fourth-order valence-corrected chi connectivity index (χ4v) is 10.8. The van der Waals surface area contributed by atoms with E-state index in [2.05, 4.69) is 240 Å². The Balaban J connectivity index is 1.04. The summed E-state index contributed by atoms with van der Waals surface area (Å²) in [6.07, 6.45) is 0. The van der Waals surface area contributed by atoms with E-state index >= 15 is 0 Å². The lowest BCUT2D eigenvalue weighted by Crippen LogP contribution is -2.00. The molecule has 0 saturated carbocycles. The maximum atomic E-state index is 5.52. The standard InChI is InChI=1S/C64H40N4/c1-3-18-41(19-4-1)45-36-46(42-20-5-2-6-21-42)38-47(37-45)63-64(66-55-29-14-13-28-54(55)65-63)52-34-35-58(49-25-10-9-24-48(49)52)68-60-33-17-32-59(62(60)53-39-43-22-7-8-23-44(43)40-61(53)68)67-56-30-15-11-26-50(56)51-27-12-16-31-57(51)67/h1-40H. The molecule has 3 aromatic heterocycles. The van der Waals surface area contributed by atoms with Crippen molar-refractivity contribution < 1.29 is 0 Å². The molecule has 0 aliphatic heterocycles. The molecule has 316 valence electrons. The van der Waals surface area contributed by atoms with Gasteiger partial charge in [0.05, 0.1) is 55.9 Å². The Bertz CT molecular complexity index is 4200. The van der Waals surface area contributed by atoms with Crippen LogP contribution in [0.4, 0.5) is 0 Å². The zero-order chi connectivity index (χ0) is 44.7. The van der Waals surface area contributed by atoms with Crippen molar-refractivity contribution in [2.24, 2.45) is 0 Å². The summed E-state index contributed by atoms with van der Waals surface area (Å²) in [7, 11) is 0. The Labute approximate surface area is 392 Å². The molecule has 0 fully saturated rings. The van der Waals surface area contributed by atoms with E-state index in [0.29, 0.717) is 0 Å². The van der Waals surface area contributed by atoms with Gasteiger partial charge in [0.15, 0.2) is 0 Å². The number of hydrogen-bond donors (Lipinski definition) is 0. The van der Waals surface area contributed by atoms with E-state index in [1.807, 2.05) is 12.1 Å². The third-order valence-electron chi connectivity index (χ3n) is 13.8. The van der Waals surface area contributed by atoms with Gasteiger partial charge in [-0.05, 0) is 117 Å². The summed E-state index contributed by atoms with van der Waals surface area (Å²) in [4.78, 5) is 11.0. The van der Waals surface area contributed by atoms with Gasteiger partial charge in [-0.2, -0.15) is 0 Å². The van der Waals surface area contributed by atoms with Gasteiger partial charge in [0, 0.05) is 38.1 Å². The minimum atomic E-state index is 0.843. The van der Waals surface area contributed by atoms with Crippen LogP contribution in [0.3, 0.4) is 0 Å². The highest BCUT2D eigenvalue weighted by atomic mass is 15.0. The Morgan fingerprint density at radius 2 is 0.765 bits per heavy atom. The summed E-state index contributed by atoms with van der Waals surface area (Å²) in [5, 5.41) is 9.56. The van der Waals surface area contributed by atoms with Gasteiger partial charge in [0.1, 0.15) is 0 Å². The van der Waals surface area contributed by atoms with Crippen LogP contribution in [-0.4, -0.2) is 19.1 Å². The number of hydrogen-bond acceptors (Lipinski definition) is 2. The molecule has 0 amide bonds. The van der Waals surface area contributed by atoms with Gasteiger partial charge in [-0.25, -0.2) is 9.97 Å². The van der Waals surface area contributed by atoms with Gasteiger partial charge in [-0.3, -0.25) is 0 Å². The Kier molecular flexibility index (Phi) is 8.55. The van der Waals surface area contributed by atoms with Crippen LogP contribution in [0.25, 0.3) is 132 Å². The lowest BCUT2D eigenvalue weighted by atomic mass is 9.92. The zero-order valence-electron chi connectivity index (χ0n) is 36.9. The molecule has 0 N–H and O–H groups in total. The van der Waals surface area contributed by atoms with Crippen LogP contribution >= 0.6 is 0 Å². The van der Waals surface area contributed by atoms with Crippen molar-refractivity contribution in [1.29, 1.82) is 0 Å². The molecule has 14 aromatic rings. The number of fused-ring (bicyclic) bond motifs is 9. The first-order valence-corrected chi connectivity index (χ1v) is 23.2. The molecule has 11 aromatic carbocycles. The Morgan fingerprint density at radius 3 is 1.43 bits per heavy atom. The smallest absolute Gasteiger partial charge is 0.0979 e. The lowest BCUT2D eigenvalue weighted by molar-refractivity contribution is 1.18. The number of aromatic nitrogens is 4. The van der Waals surface area contributed by atoms with Crippen LogP contribution in [0.2, 0.25) is 0 Å². The Hall–Kier alpha value is -9.12. The molecule has 0 bridgehead atoms. The molecule has 0 spiro atoms. The largest absolute Gasteiger partial charge is 0.309 e. The molecule has 0 unspecified atom stereocenters. The zero-order valence-corrected chi connectivity index (χ0v) is 36.9. The highest BCUT2D eigenvalue weighted by Crippen LogP contribution is 2.45. The summed E-state index contributed by atoms with van der Waals surface area (Å²) in [6, 6.07) is 87.6. The minimum absolute atomic E-state index is 0.843. The molecular weight excluding hydrogens is 825 g/mol. The molecule has 0 aliphatic carbocycles. The molecule has 4 heteroatoms. The average molecular weight is 865 g/mol. The van der Waals surface area contributed by atoms with Gasteiger partial charge in [-0.15, -0.1) is 0 Å². The fraction of sp³-hybridized carbons (Fsp3) is 0. The summed E-state index contributed by atoms with van der Waals surface area (Å²) in [6.45, 7) is 0. The van der Waals surface area contributed by atoms with Crippen molar-refractivity contribution in [3.8, 4) is 56.1 Å². The maximum Gasteiger partial charge on any atom is 0.0979 e. The van der Waals surface area contributed by atoms with Crippen LogP contribution < -0.4 is 0 Å². The van der Waals surface area contributed by atoms with E-state index in [-0.39, 0.29) is 0 Å². The predicted octanol–water partition coefficient (Wildman–Crippen LogP) is 16.8. The van der Waals surface area contributed by atoms with Gasteiger partial charge in [-0.1, -0.05) is 164 Å². The average Bonchev–Trinajstić information content (AvgIpc) is 3.92. The van der Waals surface area contributed by atoms with Crippen LogP contribution in [0.5, 0.6) is 0 Å². The highest BCUT2D eigenvalue weighted by Gasteiger charge is 2.23. The quantitative estimate of drug-likeness (QED) is 0.167. The second kappa shape index (κ2) is 15.2. The van der Waals surface area contributed by atoms with Gasteiger partial charge >= 0.3 is 0 Å². The van der Waals surface area contributed by atoms with Crippen molar-refractivity contribution in [3.05, 3.63) is 243 Å². The van der Waals surface area contributed by atoms with Crippen molar-refractivity contribution in [2.75, 3.05) is 0 Å². The second-order valence-corrected chi connectivity index (χ2v) is 17.7. The normalized spacial score (nSPS) is 11.8. The Morgan fingerprint density at radius 1 is 0.265 bits per heavy atom. The van der Waals surface area contributed by atoms with Crippen LogP contribution in [0.15, 0.2) is 243 Å². The van der Waals surface area contributed by atoms with E-state index in [9.17, 15) is 0 Å². The first-order chi connectivity index (χ1) is 33.7. The maximum absolute atomic E-state index is 5.52. The first kappa shape index (κ1) is 38.2. The molecule has 4 nitrogen and oxygen atoms in total. The van der Waals surface area contributed by atoms with E-state index in [1.54, 1.807) is 0 Å². The predicted molar refractivity (Wildman–Crippen MR) is 285 cm³/mol. The van der Waals surface area contributed by atoms with Crippen LogP contribution in [0, 0.1) is 0 Å². The number of rotatable bonds is 6. The number of para-hydroxylation sites is 4. The monoisotopic (exact) mass is 864 g/mol. The number of nitrogens with zero attached hydrogens (tertiary/aromatic N) is 4. The SMILES string of the molecule is c1ccc(-c2cc(-c3ccccc3)cc(-c3nc4ccccc4nc3-c3ccc(-n4c5cc6ccccc6cc5c5c(-n6c7ccccc7c7ccccc76)cccc54)c4ccccc34)c2)cc1. The van der Waals surface area contributed by atoms with E-state index in [0.717, 1.165) is 89.0 Å². The van der Waals surface area contributed by atoms with Gasteiger partial charge in [0.2, 0.25) is 0 Å². The van der Waals surface area contributed by atoms with Crippen molar-refractivity contribution >= 4 is 76.2 Å². The van der Waals surface area contributed by atoms with E-state index in [1.165, 1.54) is 43.4 Å². The molecular formula is C64H40N4. The second-order valence-electron chi connectivity index (χ2n) is 17.7.